The maximum atomic E-state index is 12.9. The number of nitrogens with one attached hydrogen (secondary N) is 5. The van der Waals surface area contributed by atoms with Crippen molar-refractivity contribution in [2.75, 3.05) is 27.2 Å². The van der Waals surface area contributed by atoms with Crippen molar-refractivity contribution in [3.63, 3.8) is 0 Å². The van der Waals surface area contributed by atoms with Crippen LogP contribution in [0.1, 0.15) is 81.1 Å². The molecule has 0 saturated carbocycles. The van der Waals surface area contributed by atoms with Crippen molar-refractivity contribution < 1.29 is 19.2 Å². The number of likely N-dealkylation sites (N-methyl/N-ethyl adjacent to an activating group) is 2. The van der Waals surface area contributed by atoms with Crippen molar-refractivity contribution in [3.05, 3.63) is 24.3 Å². The van der Waals surface area contributed by atoms with Gasteiger partial charge in [0.15, 0.2) is 0 Å². The van der Waals surface area contributed by atoms with Gasteiger partial charge < -0.3 is 5.32 Å². The van der Waals surface area contributed by atoms with Gasteiger partial charge in [0.25, 0.3) is 0 Å². The molecule has 5 N–H and O–H groups in total. The first-order valence-corrected chi connectivity index (χ1v) is 23.2. The predicted molar refractivity (Wildman–Crippen MR) is 178 cm³/mol. The zero-order chi connectivity index (χ0) is 32.5. The molecule has 0 aliphatic carbocycles. The predicted octanol–water partition coefficient (Wildman–Crippen LogP) is 3.91. The summed E-state index contributed by atoms with van der Waals surface area (Å²) in [6.45, 7) is 20.8. The fourth-order valence-corrected chi connectivity index (χ4v) is 7.33. The zero-order valence-corrected chi connectivity index (χ0v) is 33.4. The first kappa shape index (κ1) is 46.9. The summed E-state index contributed by atoms with van der Waals surface area (Å²) < 4.78 is 4.41. The summed E-state index contributed by atoms with van der Waals surface area (Å²) in [6.07, 6.45) is 5.52. The first-order chi connectivity index (χ1) is 19.7. The molecule has 0 bridgehead atoms. The van der Waals surface area contributed by atoms with E-state index in [9.17, 15) is 19.2 Å². The first-order valence-electron chi connectivity index (χ1n) is 15.1. The Labute approximate surface area is 272 Å². The van der Waals surface area contributed by atoms with Gasteiger partial charge in [0, 0.05) is 6.54 Å². The molecule has 11 heteroatoms. The van der Waals surface area contributed by atoms with E-state index in [2.05, 4.69) is 47.0 Å². The van der Waals surface area contributed by atoms with Gasteiger partial charge >= 0.3 is 215 Å². The minimum absolute atomic E-state index is 0.0587. The standard InChI is InChI=1S/C18H30N4O4.C4H9N.2C2H6.2C2H5.2Sn/c1-6-13(17(25)19-5)22-18(26)14(21-16(24)8-3)11-12(4)9-10-20-15(23)7-2;1-3-4-5-2;4*1-2;;/h9,13-14H,2-3,6-8,10-11H2,1,4-5H3,(H,19,25)(H,20,23)(H,21,24)(H,22,26);3,5H,1,4H2,2H3;2*1-2H3;2*1H2,2H3;;. The molecular weight excluding hydrogens is 732 g/mol. The molecule has 238 valence electrons. The molecule has 41 heavy (non-hydrogen) atoms. The van der Waals surface area contributed by atoms with E-state index in [1.807, 2.05) is 60.7 Å². The molecule has 0 aromatic rings. The summed E-state index contributed by atoms with van der Waals surface area (Å²) in [5.74, 6) is -0.701. The van der Waals surface area contributed by atoms with E-state index in [0.717, 1.165) is 21.0 Å². The summed E-state index contributed by atoms with van der Waals surface area (Å²) in [7, 11) is 3.42. The van der Waals surface area contributed by atoms with Crippen LogP contribution < -0.4 is 26.6 Å². The Bertz CT molecular complexity index is 706. The van der Waals surface area contributed by atoms with Crippen molar-refractivity contribution in [3.8, 4) is 0 Å². The van der Waals surface area contributed by atoms with E-state index in [1.165, 1.54) is 15.9 Å². The minimum atomic E-state index is -0.753. The van der Waals surface area contributed by atoms with E-state index in [-0.39, 0.29) is 44.8 Å². The van der Waals surface area contributed by atoms with E-state index >= 15 is 0 Å². The number of carbonyl (C=O) groups excluding carboxylic acids is 4. The summed E-state index contributed by atoms with van der Waals surface area (Å²) in [5, 5.41) is 13.9. The average Bonchev–Trinajstić information content (AvgIpc) is 2.98. The fraction of sp³-hybridized carbons (Fsp3) is 0.733. The molecule has 0 aromatic carbocycles. The molecule has 4 radical (unpaired) electrons. The molecule has 4 amide bonds. The molecule has 0 aliphatic heterocycles. The van der Waals surface area contributed by atoms with E-state index < -0.39 is 33.2 Å². The molecule has 0 heterocycles. The second-order valence-corrected chi connectivity index (χ2v) is 18.1. The van der Waals surface area contributed by atoms with Gasteiger partial charge in [-0.2, -0.15) is 0 Å². The monoisotopic (exact) mass is 795 g/mol. The number of carbonyl (C=O) groups is 4. The van der Waals surface area contributed by atoms with Gasteiger partial charge in [-0.3, -0.25) is 0 Å². The van der Waals surface area contributed by atoms with Crippen LogP contribution in [-0.2, 0) is 19.2 Å². The topological polar surface area (TPSA) is 128 Å². The normalized spacial score (nSPS) is 11.4. The molecule has 0 fully saturated rings. The van der Waals surface area contributed by atoms with E-state index in [1.54, 1.807) is 0 Å². The Morgan fingerprint density at radius 3 is 1.73 bits per heavy atom. The summed E-state index contributed by atoms with van der Waals surface area (Å²) in [4.78, 5) is 49.1. The van der Waals surface area contributed by atoms with Crippen molar-refractivity contribution in [1.82, 2.24) is 26.6 Å². The molecule has 0 aliphatic rings. The molecule has 2 atom stereocenters. The summed E-state index contributed by atoms with van der Waals surface area (Å²) >= 11 is -0.852. The van der Waals surface area contributed by atoms with Crippen LogP contribution in [0.25, 0.3) is 0 Å². The van der Waals surface area contributed by atoms with Crippen LogP contribution in [0.15, 0.2) is 24.3 Å². The number of amides is 4. The molecule has 0 rings (SSSR count). The van der Waals surface area contributed by atoms with Crippen molar-refractivity contribution >= 4 is 65.9 Å². The van der Waals surface area contributed by atoms with Crippen LogP contribution in [0, 0.1) is 0 Å². The summed E-state index contributed by atoms with van der Waals surface area (Å²) in [5.41, 5.74) is 0.897. The Kier molecular flexibility index (Phi) is 42.2. The van der Waals surface area contributed by atoms with Gasteiger partial charge in [-0.1, -0.05) is 33.8 Å². The van der Waals surface area contributed by atoms with Crippen molar-refractivity contribution in [1.29, 1.82) is 0 Å². The second kappa shape index (κ2) is 36.9. The van der Waals surface area contributed by atoms with Gasteiger partial charge in [-0.15, -0.1) is 6.58 Å². The summed E-state index contributed by atoms with van der Waals surface area (Å²) in [6, 6.07) is -1.39. The third kappa shape index (κ3) is 31.7. The number of hydrogen-bond donors (Lipinski definition) is 5. The second-order valence-electron chi connectivity index (χ2n) is 8.32. The SMILES string of the molecule is C=CCNC.CC.CC.C[CH2][Sn][CH2]CC(=O)NCC=C(C)CC(NC(=O)C[CH2][Sn][CH2]C)C(=O)NC(CC)C(=O)NC. The van der Waals surface area contributed by atoms with Crippen molar-refractivity contribution in [2.45, 2.75) is 111 Å². The molecule has 2 unspecified atom stereocenters. The number of hydrogen-bond acceptors (Lipinski definition) is 5. The Hall–Kier alpha value is -1.08. The van der Waals surface area contributed by atoms with Gasteiger partial charge in [0.05, 0.1) is 0 Å². The number of rotatable bonds is 19. The van der Waals surface area contributed by atoms with Crippen LogP contribution in [-0.4, -0.2) is 105 Å². The molecule has 9 nitrogen and oxygen atoms in total. The molecule has 0 saturated heterocycles. The zero-order valence-electron chi connectivity index (χ0n) is 27.7. The van der Waals surface area contributed by atoms with Gasteiger partial charge in [0.1, 0.15) is 0 Å². The Balaban J connectivity index is -0.000000667. The van der Waals surface area contributed by atoms with Crippen LogP contribution >= 0.6 is 0 Å². The van der Waals surface area contributed by atoms with Gasteiger partial charge in [-0.05, 0) is 7.05 Å². The van der Waals surface area contributed by atoms with E-state index in [0.29, 0.717) is 32.2 Å². The Morgan fingerprint density at radius 1 is 0.780 bits per heavy atom. The maximum absolute atomic E-state index is 12.9. The molecule has 0 aromatic heterocycles. The third-order valence-electron chi connectivity index (χ3n) is 5.12. The van der Waals surface area contributed by atoms with Crippen LogP contribution in [0.2, 0.25) is 17.7 Å². The molecular formula is C30H61N5O4Sn2. The third-order valence-corrected chi connectivity index (χ3v) is 11.4. The van der Waals surface area contributed by atoms with Crippen LogP contribution in [0.5, 0.6) is 0 Å². The van der Waals surface area contributed by atoms with Crippen LogP contribution in [0.4, 0.5) is 0 Å². The van der Waals surface area contributed by atoms with E-state index in [4.69, 9.17) is 0 Å². The Morgan fingerprint density at radius 2 is 1.32 bits per heavy atom. The molecule has 0 spiro atoms. The van der Waals surface area contributed by atoms with Crippen LogP contribution in [0.3, 0.4) is 0 Å². The van der Waals surface area contributed by atoms with Gasteiger partial charge in [0.2, 0.25) is 0 Å². The quantitative estimate of drug-likeness (QED) is 0.0771. The van der Waals surface area contributed by atoms with Gasteiger partial charge in [-0.25, -0.2) is 0 Å². The van der Waals surface area contributed by atoms with Crippen molar-refractivity contribution in [2.24, 2.45) is 0 Å². The fourth-order valence-electron chi connectivity index (χ4n) is 3.01. The average molecular weight is 793 g/mol.